The third-order valence-corrected chi connectivity index (χ3v) is 6.16. The average Bonchev–Trinajstić information content (AvgIpc) is 2.86. The van der Waals surface area contributed by atoms with Crippen molar-refractivity contribution in [1.29, 1.82) is 0 Å². The van der Waals surface area contributed by atoms with Gasteiger partial charge in [0.2, 0.25) is 10.0 Å². The van der Waals surface area contributed by atoms with Crippen molar-refractivity contribution in [2.45, 2.75) is 43.2 Å². The molecule has 0 spiro atoms. The molecule has 6 heteroatoms. The zero-order valence-corrected chi connectivity index (χ0v) is 13.3. The largest absolute Gasteiger partial charge is 0.490 e. The van der Waals surface area contributed by atoms with Crippen LogP contribution in [0.3, 0.4) is 0 Å². The number of likely N-dealkylation sites (N-methyl/N-ethyl adjacent to an activating group) is 1. The number of nitrogens with one attached hydrogen (secondary N) is 1. The summed E-state index contributed by atoms with van der Waals surface area (Å²) in [6, 6.07) is 5.46. The average molecular weight is 310 g/mol. The standard InChI is InChI=1S/C15H22N2O3S/c1-11-8-12-9-14(5-6-15(12)20-11)21(18,19)17-7-3-4-13(10-17)16-2/h5-6,9,11,13,16H,3-4,7-8,10H2,1-2H3. The third kappa shape index (κ3) is 2.80. The van der Waals surface area contributed by atoms with Crippen LogP contribution < -0.4 is 10.1 Å². The van der Waals surface area contributed by atoms with E-state index in [2.05, 4.69) is 5.32 Å². The zero-order valence-electron chi connectivity index (χ0n) is 12.5. The summed E-state index contributed by atoms with van der Waals surface area (Å²) in [5, 5.41) is 3.18. The van der Waals surface area contributed by atoms with Gasteiger partial charge in [0, 0.05) is 25.6 Å². The Balaban J connectivity index is 1.87. The summed E-state index contributed by atoms with van der Waals surface area (Å²) in [7, 11) is -1.52. The number of nitrogens with zero attached hydrogens (tertiary/aromatic N) is 1. The van der Waals surface area contributed by atoms with Gasteiger partial charge in [-0.2, -0.15) is 4.31 Å². The van der Waals surface area contributed by atoms with Crippen LogP contribution in [0.1, 0.15) is 25.3 Å². The van der Waals surface area contributed by atoms with Gasteiger partial charge in [-0.3, -0.25) is 0 Å². The molecule has 3 rings (SSSR count). The summed E-state index contributed by atoms with van der Waals surface area (Å²) in [6.07, 6.45) is 2.83. The Labute approximate surface area is 126 Å². The fourth-order valence-corrected chi connectivity index (χ4v) is 4.68. The predicted molar refractivity (Wildman–Crippen MR) is 81.1 cm³/mol. The molecule has 0 saturated carbocycles. The number of hydrogen-bond acceptors (Lipinski definition) is 4. The molecule has 0 aliphatic carbocycles. The fourth-order valence-electron chi connectivity index (χ4n) is 3.10. The summed E-state index contributed by atoms with van der Waals surface area (Å²) < 4.78 is 32.8. The molecule has 0 radical (unpaired) electrons. The van der Waals surface area contributed by atoms with Crippen molar-refractivity contribution in [2.24, 2.45) is 0 Å². The lowest BCUT2D eigenvalue weighted by Gasteiger charge is -2.31. The fraction of sp³-hybridized carbons (Fsp3) is 0.600. The van der Waals surface area contributed by atoms with E-state index in [0.717, 1.165) is 30.6 Å². The maximum atomic E-state index is 12.8. The molecule has 2 aliphatic heterocycles. The van der Waals surface area contributed by atoms with Crippen LogP contribution >= 0.6 is 0 Å². The highest BCUT2D eigenvalue weighted by Gasteiger charge is 2.31. The Kier molecular flexibility index (Phi) is 3.94. The van der Waals surface area contributed by atoms with Gasteiger partial charge in [0.25, 0.3) is 0 Å². The van der Waals surface area contributed by atoms with Crippen LogP contribution in [0.15, 0.2) is 23.1 Å². The lowest BCUT2D eigenvalue weighted by atomic mass is 10.1. The minimum atomic E-state index is -3.41. The van der Waals surface area contributed by atoms with E-state index < -0.39 is 10.0 Å². The second kappa shape index (κ2) is 5.59. The Morgan fingerprint density at radius 2 is 2.19 bits per heavy atom. The molecule has 1 fully saturated rings. The number of sulfonamides is 1. The molecule has 1 aromatic rings. The molecule has 2 atom stereocenters. The van der Waals surface area contributed by atoms with E-state index >= 15 is 0 Å². The van der Waals surface area contributed by atoms with Crippen molar-refractivity contribution in [2.75, 3.05) is 20.1 Å². The molecule has 0 aromatic heterocycles. The van der Waals surface area contributed by atoms with E-state index in [-0.39, 0.29) is 12.1 Å². The maximum Gasteiger partial charge on any atom is 0.243 e. The SMILES string of the molecule is CNC1CCCN(S(=O)(=O)c2ccc3c(c2)CC(C)O3)C1. The number of ether oxygens (including phenoxy) is 1. The first-order valence-corrected chi connectivity index (χ1v) is 8.91. The second-order valence-corrected chi connectivity index (χ2v) is 7.83. The molecule has 0 bridgehead atoms. The molecular weight excluding hydrogens is 288 g/mol. The van der Waals surface area contributed by atoms with E-state index in [1.165, 1.54) is 0 Å². The van der Waals surface area contributed by atoms with Gasteiger partial charge in [-0.1, -0.05) is 0 Å². The van der Waals surface area contributed by atoms with Gasteiger partial charge in [-0.05, 0) is 50.6 Å². The Hall–Kier alpha value is -1.11. The van der Waals surface area contributed by atoms with Crippen LogP contribution in [0.2, 0.25) is 0 Å². The van der Waals surface area contributed by atoms with Gasteiger partial charge in [0.15, 0.2) is 0 Å². The molecule has 1 N–H and O–H groups in total. The molecule has 2 unspecified atom stereocenters. The maximum absolute atomic E-state index is 12.8. The van der Waals surface area contributed by atoms with Gasteiger partial charge < -0.3 is 10.1 Å². The lowest BCUT2D eigenvalue weighted by Crippen LogP contribution is -2.46. The number of fused-ring (bicyclic) bond motifs is 1. The van der Waals surface area contributed by atoms with Crippen LogP contribution in [0.4, 0.5) is 0 Å². The normalized spacial score (nSPS) is 26.4. The van der Waals surface area contributed by atoms with E-state index in [0.29, 0.717) is 18.0 Å². The monoisotopic (exact) mass is 310 g/mol. The topological polar surface area (TPSA) is 58.6 Å². The molecule has 2 heterocycles. The summed E-state index contributed by atoms with van der Waals surface area (Å²) in [5.74, 6) is 0.813. The molecule has 1 saturated heterocycles. The molecular formula is C15H22N2O3S. The number of piperidine rings is 1. The van der Waals surface area contributed by atoms with Gasteiger partial charge >= 0.3 is 0 Å². The van der Waals surface area contributed by atoms with Crippen LogP contribution in [0, 0.1) is 0 Å². The molecule has 21 heavy (non-hydrogen) atoms. The summed E-state index contributed by atoms with van der Waals surface area (Å²) in [4.78, 5) is 0.385. The quantitative estimate of drug-likeness (QED) is 0.916. The van der Waals surface area contributed by atoms with Crippen molar-refractivity contribution >= 4 is 10.0 Å². The summed E-state index contributed by atoms with van der Waals surface area (Å²) in [6.45, 7) is 3.14. The van der Waals surface area contributed by atoms with E-state index in [1.807, 2.05) is 14.0 Å². The van der Waals surface area contributed by atoms with Crippen molar-refractivity contribution in [3.63, 3.8) is 0 Å². The highest BCUT2D eigenvalue weighted by molar-refractivity contribution is 7.89. The number of rotatable bonds is 3. The highest BCUT2D eigenvalue weighted by atomic mass is 32.2. The first kappa shape index (κ1) is 14.8. The van der Waals surface area contributed by atoms with Crippen molar-refractivity contribution < 1.29 is 13.2 Å². The van der Waals surface area contributed by atoms with Gasteiger partial charge in [0.1, 0.15) is 11.9 Å². The second-order valence-electron chi connectivity index (χ2n) is 5.89. The Morgan fingerprint density at radius 1 is 1.38 bits per heavy atom. The van der Waals surface area contributed by atoms with E-state index in [9.17, 15) is 8.42 Å². The summed E-state index contributed by atoms with van der Waals surface area (Å²) >= 11 is 0. The van der Waals surface area contributed by atoms with Gasteiger partial charge in [-0.15, -0.1) is 0 Å². The van der Waals surface area contributed by atoms with Crippen LogP contribution in [-0.4, -0.2) is 45.0 Å². The van der Waals surface area contributed by atoms with Crippen LogP contribution in [0.5, 0.6) is 5.75 Å². The van der Waals surface area contributed by atoms with E-state index in [4.69, 9.17) is 4.74 Å². The van der Waals surface area contributed by atoms with Gasteiger partial charge in [0.05, 0.1) is 4.90 Å². The zero-order chi connectivity index (χ0) is 15.0. The van der Waals surface area contributed by atoms with Crippen molar-refractivity contribution in [3.05, 3.63) is 23.8 Å². The predicted octanol–water partition coefficient (Wildman–Crippen LogP) is 1.38. The third-order valence-electron chi connectivity index (χ3n) is 4.30. The number of benzene rings is 1. The highest BCUT2D eigenvalue weighted by Crippen LogP contribution is 2.32. The molecule has 1 aromatic carbocycles. The van der Waals surface area contributed by atoms with Crippen molar-refractivity contribution in [1.82, 2.24) is 9.62 Å². The minimum Gasteiger partial charge on any atom is -0.490 e. The van der Waals surface area contributed by atoms with Crippen LogP contribution in [0.25, 0.3) is 0 Å². The minimum absolute atomic E-state index is 0.126. The van der Waals surface area contributed by atoms with Crippen LogP contribution in [-0.2, 0) is 16.4 Å². The number of hydrogen-bond donors (Lipinski definition) is 1. The Morgan fingerprint density at radius 3 is 2.95 bits per heavy atom. The first-order chi connectivity index (χ1) is 10.0. The molecule has 116 valence electrons. The summed E-state index contributed by atoms with van der Waals surface area (Å²) in [5.41, 5.74) is 0.991. The van der Waals surface area contributed by atoms with Crippen molar-refractivity contribution in [3.8, 4) is 5.75 Å². The molecule has 2 aliphatic rings. The molecule has 5 nitrogen and oxygen atoms in total. The smallest absolute Gasteiger partial charge is 0.243 e. The van der Waals surface area contributed by atoms with Gasteiger partial charge in [-0.25, -0.2) is 8.42 Å². The first-order valence-electron chi connectivity index (χ1n) is 7.47. The van der Waals surface area contributed by atoms with E-state index in [1.54, 1.807) is 22.5 Å². The Bertz CT molecular complexity index is 630. The molecule has 0 amide bonds. The lowest BCUT2D eigenvalue weighted by molar-refractivity contribution is 0.254.